The number of aryl methyl sites for hydroxylation is 2. The van der Waals surface area contributed by atoms with E-state index in [9.17, 15) is 8.42 Å². The summed E-state index contributed by atoms with van der Waals surface area (Å²) in [5, 5.41) is 6.79. The predicted octanol–water partition coefficient (Wildman–Crippen LogP) is 1.23. The number of aromatic nitrogens is 2. The highest BCUT2D eigenvalue weighted by molar-refractivity contribution is 7.89. The van der Waals surface area contributed by atoms with Gasteiger partial charge in [0.2, 0.25) is 10.0 Å². The van der Waals surface area contributed by atoms with Crippen molar-refractivity contribution in [2.24, 2.45) is 5.92 Å². The Morgan fingerprint density at radius 2 is 2.18 bits per heavy atom. The smallest absolute Gasteiger partial charge is 0.211 e. The number of nitrogens with zero attached hydrogens (tertiary/aromatic N) is 1. The van der Waals surface area contributed by atoms with E-state index in [0.717, 1.165) is 24.1 Å². The Kier molecular flexibility index (Phi) is 5.14. The molecule has 17 heavy (non-hydrogen) atoms. The molecule has 1 aromatic heterocycles. The van der Waals surface area contributed by atoms with Crippen LogP contribution in [0, 0.1) is 12.8 Å². The Morgan fingerprint density at radius 3 is 2.71 bits per heavy atom. The van der Waals surface area contributed by atoms with Crippen molar-refractivity contribution in [2.75, 3.05) is 12.3 Å². The molecule has 0 aliphatic rings. The molecule has 2 N–H and O–H groups in total. The average Bonchev–Trinajstić information content (AvgIpc) is 2.57. The van der Waals surface area contributed by atoms with Gasteiger partial charge in [-0.15, -0.1) is 0 Å². The number of hydrogen-bond donors (Lipinski definition) is 2. The van der Waals surface area contributed by atoms with Crippen LogP contribution < -0.4 is 4.72 Å². The normalized spacial score (nSPS) is 12.2. The largest absolute Gasteiger partial charge is 0.283 e. The number of hydrogen-bond acceptors (Lipinski definition) is 3. The van der Waals surface area contributed by atoms with Crippen molar-refractivity contribution >= 4 is 10.0 Å². The first kappa shape index (κ1) is 14.2. The number of rotatable bonds is 7. The van der Waals surface area contributed by atoms with Gasteiger partial charge in [-0.1, -0.05) is 13.8 Å². The lowest BCUT2D eigenvalue weighted by Gasteiger charge is -2.08. The van der Waals surface area contributed by atoms with Crippen LogP contribution in [0.15, 0.2) is 6.20 Å². The molecule has 0 saturated heterocycles. The molecular formula is C11H21N3O2S. The van der Waals surface area contributed by atoms with Crippen LogP contribution in [0.25, 0.3) is 0 Å². The molecule has 0 radical (unpaired) electrons. The maximum Gasteiger partial charge on any atom is 0.211 e. The van der Waals surface area contributed by atoms with Gasteiger partial charge in [0.1, 0.15) is 0 Å². The van der Waals surface area contributed by atoms with E-state index in [-0.39, 0.29) is 11.7 Å². The summed E-state index contributed by atoms with van der Waals surface area (Å²) in [4.78, 5) is 0. The van der Waals surface area contributed by atoms with Crippen molar-refractivity contribution in [2.45, 2.75) is 33.6 Å². The topological polar surface area (TPSA) is 74.8 Å². The van der Waals surface area contributed by atoms with E-state index < -0.39 is 10.0 Å². The maximum absolute atomic E-state index is 11.5. The summed E-state index contributed by atoms with van der Waals surface area (Å²) in [6.45, 7) is 6.24. The molecule has 0 aliphatic carbocycles. The Labute approximate surface area is 103 Å². The maximum atomic E-state index is 11.5. The van der Waals surface area contributed by atoms with Gasteiger partial charge in [0.15, 0.2) is 0 Å². The van der Waals surface area contributed by atoms with Gasteiger partial charge in [0, 0.05) is 12.2 Å². The van der Waals surface area contributed by atoms with Gasteiger partial charge in [0.25, 0.3) is 0 Å². The SMILES string of the molecule is Cc1[nH]ncc1CCCNS(=O)(=O)CC(C)C. The van der Waals surface area contributed by atoms with Crippen LogP contribution in [-0.2, 0) is 16.4 Å². The monoisotopic (exact) mass is 259 g/mol. The van der Waals surface area contributed by atoms with Gasteiger partial charge in [0.05, 0.1) is 11.9 Å². The van der Waals surface area contributed by atoms with Crippen LogP contribution in [-0.4, -0.2) is 30.9 Å². The fourth-order valence-electron chi connectivity index (χ4n) is 1.63. The Morgan fingerprint density at radius 1 is 1.47 bits per heavy atom. The fourth-order valence-corrected chi connectivity index (χ4v) is 3.08. The second kappa shape index (κ2) is 6.16. The minimum absolute atomic E-state index is 0.156. The first-order valence-corrected chi connectivity index (χ1v) is 7.52. The molecule has 0 atom stereocenters. The molecule has 0 spiro atoms. The first-order valence-electron chi connectivity index (χ1n) is 5.87. The molecule has 0 saturated carbocycles. The zero-order valence-corrected chi connectivity index (χ0v) is 11.5. The van der Waals surface area contributed by atoms with E-state index in [2.05, 4.69) is 14.9 Å². The molecule has 1 aromatic rings. The molecule has 0 aromatic carbocycles. The molecule has 0 fully saturated rings. The van der Waals surface area contributed by atoms with Crippen LogP contribution in [0.4, 0.5) is 0 Å². The third-order valence-corrected chi connectivity index (χ3v) is 4.18. The van der Waals surface area contributed by atoms with Crippen molar-refractivity contribution in [1.29, 1.82) is 0 Å². The molecule has 5 nitrogen and oxygen atoms in total. The molecule has 1 heterocycles. The summed E-state index contributed by atoms with van der Waals surface area (Å²) >= 11 is 0. The zero-order chi connectivity index (χ0) is 12.9. The number of nitrogens with one attached hydrogen (secondary N) is 2. The summed E-state index contributed by atoms with van der Waals surface area (Å²) in [5.74, 6) is 0.348. The van der Waals surface area contributed by atoms with E-state index in [0.29, 0.717) is 6.54 Å². The van der Waals surface area contributed by atoms with Crippen LogP contribution in [0.1, 0.15) is 31.5 Å². The van der Waals surface area contributed by atoms with Gasteiger partial charge in [-0.05, 0) is 31.2 Å². The highest BCUT2D eigenvalue weighted by Gasteiger charge is 2.11. The van der Waals surface area contributed by atoms with E-state index >= 15 is 0 Å². The molecule has 0 amide bonds. The number of H-pyrrole nitrogens is 1. The van der Waals surface area contributed by atoms with Crippen LogP contribution in [0.3, 0.4) is 0 Å². The Bertz CT molecular complexity index is 437. The first-order chi connectivity index (χ1) is 7.91. The summed E-state index contributed by atoms with van der Waals surface area (Å²) in [6, 6.07) is 0. The quantitative estimate of drug-likeness (QED) is 0.723. The summed E-state index contributed by atoms with van der Waals surface area (Å²) in [7, 11) is -3.11. The Balaban J connectivity index is 2.27. The number of aromatic amines is 1. The van der Waals surface area contributed by atoms with Gasteiger partial charge in [-0.3, -0.25) is 5.10 Å². The van der Waals surface area contributed by atoms with Crippen LogP contribution in [0.5, 0.6) is 0 Å². The molecule has 6 heteroatoms. The highest BCUT2D eigenvalue weighted by atomic mass is 32.2. The fraction of sp³-hybridized carbons (Fsp3) is 0.727. The Hall–Kier alpha value is -0.880. The second-order valence-corrected chi connectivity index (χ2v) is 6.54. The van der Waals surface area contributed by atoms with E-state index in [1.165, 1.54) is 0 Å². The third-order valence-electron chi connectivity index (χ3n) is 2.43. The second-order valence-electron chi connectivity index (χ2n) is 4.69. The molecule has 98 valence electrons. The standard InChI is InChI=1S/C11H21N3O2S/c1-9(2)8-17(15,16)13-6-4-5-11-7-12-14-10(11)3/h7,9,13H,4-6,8H2,1-3H3,(H,12,14). The van der Waals surface area contributed by atoms with Gasteiger partial charge in [-0.25, -0.2) is 13.1 Å². The van der Waals surface area contributed by atoms with Gasteiger partial charge < -0.3 is 0 Å². The van der Waals surface area contributed by atoms with Crippen LogP contribution in [0.2, 0.25) is 0 Å². The molecule has 0 unspecified atom stereocenters. The molecular weight excluding hydrogens is 238 g/mol. The lowest BCUT2D eigenvalue weighted by atomic mass is 10.1. The average molecular weight is 259 g/mol. The van der Waals surface area contributed by atoms with Crippen molar-refractivity contribution in [1.82, 2.24) is 14.9 Å². The number of sulfonamides is 1. The van der Waals surface area contributed by atoms with E-state index in [4.69, 9.17) is 0 Å². The summed E-state index contributed by atoms with van der Waals surface area (Å²) in [6.07, 6.45) is 3.42. The lowest BCUT2D eigenvalue weighted by molar-refractivity contribution is 0.566. The van der Waals surface area contributed by atoms with Crippen molar-refractivity contribution in [3.63, 3.8) is 0 Å². The summed E-state index contributed by atoms with van der Waals surface area (Å²) < 4.78 is 25.7. The minimum atomic E-state index is -3.11. The molecule has 1 rings (SSSR count). The van der Waals surface area contributed by atoms with Gasteiger partial charge >= 0.3 is 0 Å². The molecule has 0 aliphatic heterocycles. The molecule has 0 bridgehead atoms. The van der Waals surface area contributed by atoms with E-state index in [1.807, 2.05) is 20.8 Å². The van der Waals surface area contributed by atoms with Crippen molar-refractivity contribution in [3.05, 3.63) is 17.5 Å². The van der Waals surface area contributed by atoms with Crippen molar-refractivity contribution in [3.8, 4) is 0 Å². The lowest BCUT2D eigenvalue weighted by Crippen LogP contribution is -2.29. The van der Waals surface area contributed by atoms with Crippen molar-refractivity contribution < 1.29 is 8.42 Å². The zero-order valence-electron chi connectivity index (χ0n) is 10.7. The highest BCUT2D eigenvalue weighted by Crippen LogP contribution is 2.05. The van der Waals surface area contributed by atoms with Crippen LogP contribution >= 0.6 is 0 Å². The predicted molar refractivity (Wildman–Crippen MR) is 68.3 cm³/mol. The minimum Gasteiger partial charge on any atom is -0.283 e. The third kappa shape index (κ3) is 5.32. The van der Waals surface area contributed by atoms with Gasteiger partial charge in [-0.2, -0.15) is 5.10 Å². The van der Waals surface area contributed by atoms with E-state index in [1.54, 1.807) is 6.20 Å². The summed E-state index contributed by atoms with van der Waals surface area (Å²) in [5.41, 5.74) is 2.20.